The van der Waals surface area contributed by atoms with Crippen LogP contribution in [0.5, 0.6) is 0 Å². The van der Waals surface area contributed by atoms with Gasteiger partial charge in [-0.05, 0) is 81.7 Å². The van der Waals surface area contributed by atoms with Gasteiger partial charge in [-0.1, -0.05) is 146 Å². The van der Waals surface area contributed by atoms with Crippen LogP contribution in [0, 0.1) is 0 Å². The summed E-state index contributed by atoms with van der Waals surface area (Å²) in [7, 11) is 0. The highest BCUT2D eigenvalue weighted by Crippen LogP contribution is 2.43. The summed E-state index contributed by atoms with van der Waals surface area (Å²) in [5, 5.41) is 2.22. The molecule has 0 aliphatic rings. The standard InChI is InChI=1S/C47H32N2O/c1-4-13-33(14-5-1)34-23-28-39(29-24-34)49(43-22-11-10-20-41(43)35-15-6-2-7-16-35)40-30-25-36(26-31-40)42-21-12-19-37-27-32-44-46(45(37)42)48-47(50-44)38-17-8-3-9-18-38/h1-32H. The molecule has 0 atom stereocenters. The fourth-order valence-corrected chi connectivity index (χ4v) is 6.89. The molecule has 0 bridgehead atoms. The van der Waals surface area contributed by atoms with E-state index in [9.17, 15) is 0 Å². The van der Waals surface area contributed by atoms with Gasteiger partial charge in [-0.2, -0.15) is 0 Å². The minimum absolute atomic E-state index is 0.629. The van der Waals surface area contributed by atoms with Crippen LogP contribution < -0.4 is 4.90 Å². The van der Waals surface area contributed by atoms with Crippen LogP contribution in [0.25, 0.3) is 66.7 Å². The molecular weight excluding hydrogens is 609 g/mol. The average Bonchev–Trinajstić information content (AvgIpc) is 3.65. The number of fused-ring (bicyclic) bond motifs is 3. The lowest BCUT2D eigenvalue weighted by Crippen LogP contribution is -2.11. The molecule has 9 rings (SSSR count). The molecule has 1 aromatic heterocycles. The maximum absolute atomic E-state index is 6.27. The van der Waals surface area contributed by atoms with E-state index in [-0.39, 0.29) is 0 Å². The van der Waals surface area contributed by atoms with Gasteiger partial charge in [0.15, 0.2) is 5.58 Å². The van der Waals surface area contributed by atoms with Gasteiger partial charge in [-0.15, -0.1) is 0 Å². The van der Waals surface area contributed by atoms with Gasteiger partial charge >= 0.3 is 0 Å². The van der Waals surface area contributed by atoms with E-state index in [1.807, 2.05) is 36.4 Å². The van der Waals surface area contributed by atoms with Crippen LogP contribution >= 0.6 is 0 Å². The second-order valence-corrected chi connectivity index (χ2v) is 12.4. The number of anilines is 3. The lowest BCUT2D eigenvalue weighted by Gasteiger charge is -2.28. The summed E-state index contributed by atoms with van der Waals surface area (Å²) in [6.07, 6.45) is 0. The van der Waals surface area contributed by atoms with Crippen molar-refractivity contribution in [3.05, 3.63) is 194 Å². The highest BCUT2D eigenvalue weighted by molar-refractivity contribution is 6.12. The lowest BCUT2D eigenvalue weighted by atomic mass is 9.96. The molecule has 9 aromatic rings. The molecule has 0 unspecified atom stereocenters. The summed E-state index contributed by atoms with van der Waals surface area (Å²) >= 11 is 0. The first-order valence-electron chi connectivity index (χ1n) is 16.9. The minimum atomic E-state index is 0.629. The summed E-state index contributed by atoms with van der Waals surface area (Å²) in [4.78, 5) is 7.37. The third kappa shape index (κ3) is 5.41. The quantitative estimate of drug-likeness (QED) is 0.174. The first-order valence-corrected chi connectivity index (χ1v) is 16.9. The molecule has 8 aromatic carbocycles. The normalized spacial score (nSPS) is 11.2. The van der Waals surface area contributed by atoms with Crippen molar-refractivity contribution in [1.82, 2.24) is 4.98 Å². The Balaban J connectivity index is 1.16. The van der Waals surface area contributed by atoms with Crippen molar-refractivity contribution in [2.24, 2.45) is 0 Å². The van der Waals surface area contributed by atoms with Crippen LogP contribution in [-0.4, -0.2) is 4.98 Å². The molecular formula is C47H32N2O. The molecule has 0 saturated carbocycles. The predicted octanol–water partition coefficient (Wildman–Crippen LogP) is 13.1. The van der Waals surface area contributed by atoms with E-state index in [1.165, 1.54) is 22.3 Å². The Morgan fingerprint density at radius 2 is 0.900 bits per heavy atom. The van der Waals surface area contributed by atoms with Gasteiger partial charge in [0.2, 0.25) is 5.89 Å². The number of hydrogen-bond donors (Lipinski definition) is 0. The molecule has 0 saturated heterocycles. The van der Waals surface area contributed by atoms with Crippen LogP contribution in [0.3, 0.4) is 0 Å². The molecule has 0 fully saturated rings. The van der Waals surface area contributed by atoms with Gasteiger partial charge in [0.1, 0.15) is 5.52 Å². The Morgan fingerprint density at radius 1 is 0.380 bits per heavy atom. The van der Waals surface area contributed by atoms with Crippen LogP contribution in [0.4, 0.5) is 17.1 Å². The molecule has 1 heterocycles. The number of nitrogens with zero attached hydrogens (tertiary/aromatic N) is 2. The van der Waals surface area contributed by atoms with Gasteiger partial charge in [0.05, 0.1) is 5.69 Å². The molecule has 3 nitrogen and oxygen atoms in total. The second-order valence-electron chi connectivity index (χ2n) is 12.4. The first-order chi connectivity index (χ1) is 24.8. The average molecular weight is 641 g/mol. The first kappa shape index (κ1) is 29.4. The van der Waals surface area contributed by atoms with E-state index in [1.54, 1.807) is 0 Å². The van der Waals surface area contributed by atoms with E-state index >= 15 is 0 Å². The molecule has 0 radical (unpaired) electrons. The Hall–Kier alpha value is -6.71. The number of para-hydroxylation sites is 1. The summed E-state index contributed by atoms with van der Waals surface area (Å²) in [6.45, 7) is 0. The monoisotopic (exact) mass is 640 g/mol. The topological polar surface area (TPSA) is 29.3 Å². The number of rotatable bonds is 7. The van der Waals surface area contributed by atoms with Gasteiger partial charge < -0.3 is 9.32 Å². The molecule has 0 spiro atoms. The zero-order chi connectivity index (χ0) is 33.3. The van der Waals surface area contributed by atoms with Crippen molar-refractivity contribution in [3.63, 3.8) is 0 Å². The zero-order valence-electron chi connectivity index (χ0n) is 27.3. The van der Waals surface area contributed by atoms with Crippen molar-refractivity contribution >= 4 is 38.9 Å². The van der Waals surface area contributed by atoms with E-state index < -0.39 is 0 Å². The molecule has 236 valence electrons. The molecule has 3 heteroatoms. The maximum Gasteiger partial charge on any atom is 0.227 e. The van der Waals surface area contributed by atoms with Gasteiger partial charge in [-0.3, -0.25) is 0 Å². The van der Waals surface area contributed by atoms with Crippen LogP contribution in [0.1, 0.15) is 0 Å². The van der Waals surface area contributed by atoms with E-state index in [0.717, 1.165) is 55.6 Å². The molecule has 0 aliphatic heterocycles. The van der Waals surface area contributed by atoms with Gasteiger partial charge in [0, 0.05) is 27.9 Å². The van der Waals surface area contributed by atoms with Gasteiger partial charge in [0.25, 0.3) is 0 Å². The summed E-state index contributed by atoms with van der Waals surface area (Å²) in [5.41, 5.74) is 12.9. The minimum Gasteiger partial charge on any atom is -0.436 e. The number of oxazole rings is 1. The Kier molecular flexibility index (Phi) is 7.49. The molecule has 0 amide bonds. The van der Waals surface area contributed by atoms with E-state index in [0.29, 0.717) is 5.89 Å². The Morgan fingerprint density at radius 3 is 1.58 bits per heavy atom. The maximum atomic E-state index is 6.27. The summed E-state index contributed by atoms with van der Waals surface area (Å²) in [6, 6.07) is 68.2. The highest BCUT2D eigenvalue weighted by Gasteiger charge is 2.19. The highest BCUT2D eigenvalue weighted by atomic mass is 16.3. The van der Waals surface area contributed by atoms with Crippen LogP contribution in [0.15, 0.2) is 199 Å². The van der Waals surface area contributed by atoms with Crippen LogP contribution in [0.2, 0.25) is 0 Å². The van der Waals surface area contributed by atoms with Crippen molar-refractivity contribution in [1.29, 1.82) is 0 Å². The predicted molar refractivity (Wildman–Crippen MR) is 208 cm³/mol. The number of aromatic nitrogens is 1. The van der Waals surface area contributed by atoms with E-state index in [2.05, 4.69) is 163 Å². The smallest absolute Gasteiger partial charge is 0.227 e. The number of hydrogen-bond acceptors (Lipinski definition) is 3. The van der Waals surface area contributed by atoms with Crippen molar-refractivity contribution in [3.8, 4) is 44.8 Å². The number of benzene rings is 8. The van der Waals surface area contributed by atoms with Crippen molar-refractivity contribution in [2.75, 3.05) is 4.90 Å². The zero-order valence-corrected chi connectivity index (χ0v) is 27.3. The van der Waals surface area contributed by atoms with Crippen molar-refractivity contribution < 1.29 is 4.42 Å². The summed E-state index contributed by atoms with van der Waals surface area (Å²) in [5.74, 6) is 0.629. The third-order valence-electron chi connectivity index (χ3n) is 9.32. The second kappa shape index (κ2) is 12.7. The largest absolute Gasteiger partial charge is 0.436 e. The summed E-state index contributed by atoms with van der Waals surface area (Å²) < 4.78 is 6.27. The van der Waals surface area contributed by atoms with Crippen molar-refractivity contribution in [2.45, 2.75) is 0 Å². The van der Waals surface area contributed by atoms with Gasteiger partial charge in [-0.25, -0.2) is 4.98 Å². The SMILES string of the molecule is c1ccc(-c2ccc(N(c3ccc(-c4cccc5ccc6oc(-c7ccccc7)nc6c45)cc3)c3ccccc3-c3ccccc3)cc2)cc1. The lowest BCUT2D eigenvalue weighted by molar-refractivity contribution is 0.620. The Bertz CT molecular complexity index is 2560. The third-order valence-corrected chi connectivity index (χ3v) is 9.32. The molecule has 0 aliphatic carbocycles. The van der Waals surface area contributed by atoms with Crippen LogP contribution in [-0.2, 0) is 0 Å². The molecule has 50 heavy (non-hydrogen) atoms. The fourth-order valence-electron chi connectivity index (χ4n) is 6.89. The molecule has 0 N–H and O–H groups in total. The fraction of sp³-hybridized carbons (Fsp3) is 0. The Labute approximate surface area is 291 Å². The van der Waals surface area contributed by atoms with E-state index in [4.69, 9.17) is 9.40 Å².